The van der Waals surface area contributed by atoms with Gasteiger partial charge in [-0.15, -0.1) is 0 Å². The van der Waals surface area contributed by atoms with Gasteiger partial charge < -0.3 is 29.6 Å². The molecule has 3 heterocycles. The summed E-state index contributed by atoms with van der Waals surface area (Å²) < 4.78 is 8.73. The van der Waals surface area contributed by atoms with Gasteiger partial charge in [0.15, 0.2) is 5.82 Å². The van der Waals surface area contributed by atoms with Crippen molar-refractivity contribution in [2.75, 3.05) is 70.6 Å². The number of rotatable bonds is 16. The van der Waals surface area contributed by atoms with Crippen molar-refractivity contribution in [3.05, 3.63) is 24.0 Å². The molecule has 0 amide bonds. The van der Waals surface area contributed by atoms with E-state index in [4.69, 9.17) is 20.4 Å². The van der Waals surface area contributed by atoms with Crippen molar-refractivity contribution in [1.29, 1.82) is 0 Å². The molecule has 0 bridgehead atoms. The Hall–Kier alpha value is -2.75. The number of hydrogen-bond donors (Lipinski definition) is 1. The number of hydrogen-bond acceptors (Lipinski definition) is 8. The molecule has 0 atom stereocenters. The number of carbonyl (C=O) groups is 1. The monoisotopic (exact) mass is 593 g/mol. The zero-order valence-electron chi connectivity index (χ0n) is 27.8. The quantitative estimate of drug-likeness (QED) is 0.175. The van der Waals surface area contributed by atoms with Crippen molar-refractivity contribution < 1.29 is 9.53 Å². The molecule has 9 nitrogen and oxygen atoms in total. The summed E-state index contributed by atoms with van der Waals surface area (Å²) in [6.45, 7) is 18.0. The van der Waals surface area contributed by atoms with Gasteiger partial charge in [0, 0.05) is 63.2 Å². The molecule has 1 aliphatic rings. The van der Waals surface area contributed by atoms with Crippen LogP contribution in [0.25, 0.3) is 21.9 Å². The third-order valence-corrected chi connectivity index (χ3v) is 8.59. The van der Waals surface area contributed by atoms with Gasteiger partial charge in [-0.1, -0.05) is 27.2 Å². The van der Waals surface area contributed by atoms with Crippen molar-refractivity contribution in [2.24, 2.45) is 5.41 Å². The fourth-order valence-corrected chi connectivity index (χ4v) is 6.03. The van der Waals surface area contributed by atoms with Crippen LogP contribution in [0, 0.1) is 5.41 Å². The Morgan fingerprint density at radius 3 is 2.47 bits per heavy atom. The Morgan fingerprint density at radius 2 is 1.79 bits per heavy atom. The molecule has 0 spiro atoms. The van der Waals surface area contributed by atoms with Gasteiger partial charge in [-0.25, -0.2) is 9.97 Å². The molecule has 238 valence electrons. The lowest BCUT2D eigenvalue weighted by atomic mass is 9.91. The van der Waals surface area contributed by atoms with Gasteiger partial charge in [0.05, 0.1) is 23.2 Å². The molecule has 1 aliphatic heterocycles. The summed E-state index contributed by atoms with van der Waals surface area (Å²) in [6, 6.07) is 6.62. The van der Waals surface area contributed by atoms with Crippen LogP contribution in [0.15, 0.2) is 18.2 Å². The Bertz CT molecular complexity index is 1360. The number of fused-ring (bicyclic) bond motifs is 3. The fourth-order valence-electron chi connectivity index (χ4n) is 6.03. The van der Waals surface area contributed by atoms with Crippen molar-refractivity contribution >= 4 is 39.7 Å². The smallest absolute Gasteiger partial charge is 0.152 e. The van der Waals surface area contributed by atoms with Gasteiger partial charge >= 0.3 is 0 Å². The van der Waals surface area contributed by atoms with E-state index < -0.39 is 0 Å². The minimum Gasteiger partial charge on any atom is -0.382 e. The number of imidazole rings is 1. The van der Waals surface area contributed by atoms with E-state index in [-0.39, 0.29) is 11.0 Å². The predicted octanol–water partition coefficient (Wildman–Crippen LogP) is 5.38. The normalized spacial score (nSPS) is 15.3. The van der Waals surface area contributed by atoms with Crippen molar-refractivity contribution in [2.45, 2.75) is 85.3 Å². The minimum atomic E-state index is -0.275. The second kappa shape index (κ2) is 14.4. The maximum atomic E-state index is 11.0. The van der Waals surface area contributed by atoms with Crippen molar-refractivity contribution in [1.82, 2.24) is 24.3 Å². The molecule has 0 radical (unpaired) electrons. The number of unbranched alkanes of at least 4 members (excludes halogenated alkanes) is 2. The fraction of sp³-hybridized carbons (Fsp3) is 0.676. The van der Waals surface area contributed by atoms with E-state index in [1.807, 2.05) is 0 Å². The van der Waals surface area contributed by atoms with Gasteiger partial charge in [-0.05, 0) is 77.4 Å². The summed E-state index contributed by atoms with van der Waals surface area (Å²) in [7, 11) is 4.27. The SMILES string of the molecule is CCCCc1nc2c(N)nc3ccc(N4CCN(CC(C)(C)OCC(C)(C)CC=O)CC4)cc3c2n1CCCCN(C)C. The van der Waals surface area contributed by atoms with Gasteiger partial charge in [-0.3, -0.25) is 4.90 Å². The molecule has 3 aromatic rings. The van der Waals surface area contributed by atoms with E-state index in [2.05, 4.69) is 86.2 Å². The summed E-state index contributed by atoms with van der Waals surface area (Å²) >= 11 is 0. The molecule has 0 aliphatic carbocycles. The zero-order chi connectivity index (χ0) is 31.2. The summed E-state index contributed by atoms with van der Waals surface area (Å²) in [5, 5.41) is 1.14. The highest BCUT2D eigenvalue weighted by Gasteiger charge is 2.29. The van der Waals surface area contributed by atoms with Gasteiger partial charge in [0.2, 0.25) is 0 Å². The number of anilines is 2. The number of aryl methyl sites for hydroxylation is 2. The van der Waals surface area contributed by atoms with Crippen LogP contribution in [-0.4, -0.2) is 96.2 Å². The first-order chi connectivity index (χ1) is 20.4. The lowest BCUT2D eigenvalue weighted by Gasteiger charge is -2.40. The van der Waals surface area contributed by atoms with Crippen LogP contribution in [0.1, 0.15) is 72.5 Å². The summed E-state index contributed by atoms with van der Waals surface area (Å²) in [4.78, 5) is 28.1. The lowest BCUT2D eigenvalue weighted by Crippen LogP contribution is -2.51. The number of nitrogen functional groups attached to an aromatic ring is 1. The third kappa shape index (κ3) is 8.67. The summed E-state index contributed by atoms with van der Waals surface area (Å²) in [5.74, 6) is 1.65. The first-order valence-corrected chi connectivity index (χ1v) is 16.2. The first kappa shape index (κ1) is 33.1. The molecule has 1 fully saturated rings. The molecule has 0 saturated carbocycles. The van der Waals surface area contributed by atoms with Crippen molar-refractivity contribution in [3.8, 4) is 0 Å². The molecule has 4 rings (SSSR count). The minimum absolute atomic E-state index is 0.142. The highest BCUT2D eigenvalue weighted by Crippen LogP contribution is 2.33. The molecular weight excluding hydrogens is 538 g/mol. The molecule has 9 heteroatoms. The number of ether oxygens (including phenoxy) is 1. The molecule has 1 aromatic carbocycles. The summed E-state index contributed by atoms with van der Waals surface area (Å²) in [6.07, 6.45) is 6.95. The second-order valence-electron chi connectivity index (χ2n) is 14.0. The van der Waals surface area contributed by atoms with E-state index in [1.54, 1.807) is 0 Å². The maximum Gasteiger partial charge on any atom is 0.152 e. The Kier molecular flexibility index (Phi) is 11.1. The molecule has 0 unspecified atom stereocenters. The zero-order valence-corrected chi connectivity index (χ0v) is 27.8. The maximum absolute atomic E-state index is 11.0. The Morgan fingerprint density at radius 1 is 1.05 bits per heavy atom. The Balaban J connectivity index is 1.52. The number of pyridine rings is 1. The largest absolute Gasteiger partial charge is 0.382 e. The number of benzene rings is 1. The van der Waals surface area contributed by atoms with Crippen LogP contribution in [0.4, 0.5) is 11.5 Å². The van der Waals surface area contributed by atoms with Crippen molar-refractivity contribution in [3.63, 3.8) is 0 Å². The number of nitrogens with two attached hydrogens (primary N) is 1. The number of nitrogens with zero attached hydrogens (tertiary/aromatic N) is 6. The summed E-state index contributed by atoms with van der Waals surface area (Å²) in [5.41, 5.74) is 10.2. The van der Waals surface area contributed by atoms with Crippen LogP contribution >= 0.6 is 0 Å². The number of carbonyl (C=O) groups excluding carboxylic acids is 1. The molecule has 43 heavy (non-hydrogen) atoms. The number of piperazine rings is 1. The van der Waals surface area contributed by atoms with E-state index in [9.17, 15) is 4.79 Å². The third-order valence-electron chi connectivity index (χ3n) is 8.59. The van der Waals surface area contributed by atoms with Gasteiger partial charge in [0.25, 0.3) is 0 Å². The lowest BCUT2D eigenvalue weighted by molar-refractivity contribution is -0.113. The number of aldehydes is 1. The van der Waals surface area contributed by atoms with E-state index in [0.717, 1.165) is 112 Å². The van der Waals surface area contributed by atoms with Crippen LogP contribution in [0.5, 0.6) is 0 Å². The van der Waals surface area contributed by atoms with E-state index in [1.165, 1.54) is 5.69 Å². The average Bonchev–Trinajstić information content (AvgIpc) is 3.32. The highest BCUT2D eigenvalue weighted by molar-refractivity contribution is 6.07. The van der Waals surface area contributed by atoms with Crippen LogP contribution < -0.4 is 10.6 Å². The highest BCUT2D eigenvalue weighted by atomic mass is 16.5. The molecule has 2 aromatic heterocycles. The van der Waals surface area contributed by atoms with Crippen LogP contribution in [0.3, 0.4) is 0 Å². The first-order valence-electron chi connectivity index (χ1n) is 16.2. The topological polar surface area (TPSA) is 92.8 Å². The molecular formula is C34H55N7O2. The number of aromatic nitrogens is 3. The average molecular weight is 594 g/mol. The standard InChI is InChI=1S/C34H55N7O2/c1-8-9-12-29-37-30-31(41(29)17-11-10-16-38(6)7)27-23-26(13-14-28(27)36-32(30)35)40-20-18-39(19-21-40)24-34(4,5)43-25-33(2,3)15-22-42/h13-14,22-23H,8-12,15-21,24-25H2,1-7H3,(H2,35,36). The van der Waals surface area contributed by atoms with Crippen LogP contribution in [-0.2, 0) is 22.5 Å². The molecule has 2 N–H and O–H groups in total. The molecule has 1 saturated heterocycles. The predicted molar refractivity (Wildman–Crippen MR) is 179 cm³/mol. The van der Waals surface area contributed by atoms with Gasteiger partial charge in [-0.2, -0.15) is 0 Å². The second-order valence-corrected chi connectivity index (χ2v) is 14.0. The van der Waals surface area contributed by atoms with Crippen LogP contribution in [0.2, 0.25) is 0 Å². The van der Waals surface area contributed by atoms with Gasteiger partial charge in [0.1, 0.15) is 17.6 Å². The van der Waals surface area contributed by atoms with E-state index in [0.29, 0.717) is 18.8 Å². The van der Waals surface area contributed by atoms with E-state index >= 15 is 0 Å². The Labute approximate surface area is 258 Å².